The van der Waals surface area contributed by atoms with Gasteiger partial charge in [-0.05, 0) is 43.9 Å². The van der Waals surface area contributed by atoms with Crippen LogP contribution < -0.4 is 0 Å². The molecule has 4 aliphatic rings. The van der Waals surface area contributed by atoms with Gasteiger partial charge >= 0.3 is 5.97 Å². The summed E-state index contributed by atoms with van der Waals surface area (Å²) in [5.74, 6) is -1.70. The maximum absolute atomic E-state index is 14.7. The van der Waals surface area contributed by atoms with Crippen LogP contribution in [0, 0.1) is 23.7 Å². The molecule has 1 aliphatic carbocycles. The molecule has 0 aromatic carbocycles. The number of nitrogens with zero attached hydrogens (tertiary/aromatic N) is 2. The Bertz CT molecular complexity index is 918. The van der Waals surface area contributed by atoms with Gasteiger partial charge in [0.15, 0.2) is 0 Å². The van der Waals surface area contributed by atoms with Crippen molar-refractivity contribution in [1.29, 1.82) is 0 Å². The summed E-state index contributed by atoms with van der Waals surface area (Å²) in [7, 11) is 0. The number of unbranched alkanes of at least 4 members (excludes halogenated alkanes) is 1. The number of carbonyl (C=O) groups is 3. The topological polar surface area (TPSA) is 87.1 Å². The number of thioether (sulfide) groups is 1. The van der Waals surface area contributed by atoms with Gasteiger partial charge in [-0.15, -0.1) is 24.9 Å². The Morgan fingerprint density at radius 2 is 1.95 bits per heavy atom. The second-order valence-electron chi connectivity index (χ2n) is 12.0. The van der Waals surface area contributed by atoms with Crippen molar-refractivity contribution in [2.24, 2.45) is 23.7 Å². The quantitative estimate of drug-likeness (QED) is 0.224. The number of esters is 1. The van der Waals surface area contributed by atoms with E-state index >= 15 is 0 Å². The van der Waals surface area contributed by atoms with Crippen LogP contribution in [0.2, 0.25) is 0 Å². The molecule has 1 spiro atoms. The Morgan fingerprint density at radius 3 is 2.55 bits per heavy atom. The number of hydrogen-bond donors (Lipinski definition) is 1. The molecule has 2 bridgehead atoms. The predicted molar refractivity (Wildman–Crippen MR) is 150 cm³/mol. The molecule has 0 aromatic heterocycles. The summed E-state index contributed by atoms with van der Waals surface area (Å²) in [5, 5.41) is 10.4. The SMILES string of the molecule is C=CCCCOC(=O)[C@@H]1[C@H]2C(=O)N([C@@H](CO)C(C)C)C(C(=O)N(CC=C)C3CCCCC3)C23S[C@@H]1CC3C. The fourth-order valence-corrected chi connectivity index (χ4v) is 9.98. The van der Waals surface area contributed by atoms with Crippen molar-refractivity contribution in [2.75, 3.05) is 19.8 Å². The fraction of sp³-hybridized carbons (Fsp3) is 0.767. The van der Waals surface area contributed by atoms with Crippen LogP contribution in [0.3, 0.4) is 0 Å². The minimum atomic E-state index is -0.718. The second-order valence-corrected chi connectivity index (χ2v) is 13.5. The number of aliphatic hydroxyl groups excluding tert-OH is 1. The Labute approximate surface area is 232 Å². The van der Waals surface area contributed by atoms with Gasteiger partial charge in [0, 0.05) is 17.8 Å². The summed E-state index contributed by atoms with van der Waals surface area (Å²) in [6, 6.07) is -1.09. The van der Waals surface area contributed by atoms with Crippen LogP contribution in [0.1, 0.15) is 72.1 Å². The van der Waals surface area contributed by atoms with Gasteiger partial charge in [0.1, 0.15) is 6.04 Å². The van der Waals surface area contributed by atoms with E-state index < -0.39 is 28.7 Å². The molecule has 1 N–H and O–H groups in total. The summed E-state index contributed by atoms with van der Waals surface area (Å²) >= 11 is 1.67. The first-order valence-corrected chi connectivity index (χ1v) is 15.4. The first-order chi connectivity index (χ1) is 18.2. The lowest BCUT2D eigenvalue weighted by Crippen LogP contribution is -2.61. The number of rotatable bonds is 12. The molecule has 212 valence electrons. The molecule has 4 fully saturated rings. The lowest BCUT2D eigenvalue weighted by molar-refractivity contribution is -0.155. The van der Waals surface area contributed by atoms with Crippen LogP contribution in [-0.4, -0.2) is 80.6 Å². The molecule has 1 saturated carbocycles. The predicted octanol–water partition coefficient (Wildman–Crippen LogP) is 4.20. The summed E-state index contributed by atoms with van der Waals surface area (Å²) in [5.41, 5.74) is 0. The molecule has 7 atom stereocenters. The molecule has 3 heterocycles. The molecule has 3 aliphatic heterocycles. The summed E-state index contributed by atoms with van der Waals surface area (Å²) < 4.78 is 4.98. The Kier molecular flexibility index (Phi) is 9.34. The van der Waals surface area contributed by atoms with Gasteiger partial charge in [0.05, 0.1) is 35.8 Å². The van der Waals surface area contributed by atoms with E-state index in [4.69, 9.17) is 4.74 Å². The highest BCUT2D eigenvalue weighted by atomic mass is 32.2. The van der Waals surface area contributed by atoms with E-state index in [1.165, 1.54) is 6.42 Å². The standard InChI is InChI=1S/C30H46N2O5S/c1-6-8-12-16-37-29(36)24-23-17-20(5)30(38-23)25(24)27(34)32(22(18-33)19(3)4)26(30)28(35)31(15-7-2)21-13-10-9-11-14-21/h6-7,19-26,33H,1-2,8-18H2,3-5H3/t20?,22-,23+,24-,25-,26?,30?/m0/s1. The maximum atomic E-state index is 14.7. The van der Waals surface area contributed by atoms with Crippen molar-refractivity contribution in [3.63, 3.8) is 0 Å². The van der Waals surface area contributed by atoms with Crippen LogP contribution in [-0.2, 0) is 19.1 Å². The van der Waals surface area contributed by atoms with E-state index in [2.05, 4.69) is 20.1 Å². The molecule has 8 heteroatoms. The highest BCUT2D eigenvalue weighted by Crippen LogP contribution is 2.69. The third-order valence-corrected chi connectivity index (χ3v) is 11.5. The van der Waals surface area contributed by atoms with E-state index in [1.54, 1.807) is 28.8 Å². The lowest BCUT2D eigenvalue weighted by atomic mass is 9.66. The van der Waals surface area contributed by atoms with Crippen LogP contribution in [0.25, 0.3) is 0 Å². The number of hydrogen-bond acceptors (Lipinski definition) is 6. The van der Waals surface area contributed by atoms with Crippen LogP contribution >= 0.6 is 11.8 Å². The van der Waals surface area contributed by atoms with Crippen molar-refractivity contribution in [2.45, 2.75) is 100 Å². The Hall–Kier alpha value is -1.80. The zero-order valence-electron chi connectivity index (χ0n) is 23.3. The van der Waals surface area contributed by atoms with Gasteiger partial charge in [-0.25, -0.2) is 0 Å². The molecule has 4 rings (SSSR count). The zero-order valence-corrected chi connectivity index (χ0v) is 24.2. The normalized spacial score (nSPS) is 33.3. The molecule has 2 amide bonds. The van der Waals surface area contributed by atoms with Gasteiger partial charge in [0.25, 0.3) is 0 Å². The Balaban J connectivity index is 1.74. The third kappa shape index (κ3) is 4.85. The maximum Gasteiger partial charge on any atom is 0.310 e. The zero-order chi connectivity index (χ0) is 27.6. The molecular formula is C30H46N2O5S. The van der Waals surface area contributed by atoms with Crippen molar-refractivity contribution >= 4 is 29.5 Å². The summed E-state index contributed by atoms with van der Waals surface area (Å²) in [6.07, 6.45) is 11.1. The minimum absolute atomic E-state index is 0.0428. The van der Waals surface area contributed by atoms with Crippen molar-refractivity contribution < 1.29 is 24.2 Å². The highest BCUT2D eigenvalue weighted by molar-refractivity contribution is 8.02. The number of carbonyl (C=O) groups excluding carboxylic acids is 3. The first-order valence-electron chi connectivity index (χ1n) is 14.5. The number of allylic oxidation sites excluding steroid dienone is 1. The number of fused-ring (bicyclic) bond motifs is 1. The fourth-order valence-electron chi connectivity index (χ4n) is 7.59. The Morgan fingerprint density at radius 1 is 1.24 bits per heavy atom. The van der Waals surface area contributed by atoms with Crippen molar-refractivity contribution in [3.8, 4) is 0 Å². The number of amides is 2. The smallest absolute Gasteiger partial charge is 0.310 e. The first kappa shape index (κ1) is 29.2. The van der Waals surface area contributed by atoms with Crippen LogP contribution in [0.5, 0.6) is 0 Å². The largest absolute Gasteiger partial charge is 0.465 e. The van der Waals surface area contributed by atoms with E-state index in [0.717, 1.165) is 38.5 Å². The second kappa shape index (κ2) is 12.2. The summed E-state index contributed by atoms with van der Waals surface area (Å²) in [4.78, 5) is 46.1. The van der Waals surface area contributed by atoms with Crippen molar-refractivity contribution in [1.82, 2.24) is 9.80 Å². The highest BCUT2D eigenvalue weighted by Gasteiger charge is 2.77. The minimum Gasteiger partial charge on any atom is -0.465 e. The number of likely N-dealkylation sites (tertiary alicyclic amines) is 1. The molecular weight excluding hydrogens is 500 g/mol. The third-order valence-electron chi connectivity index (χ3n) is 9.42. The van der Waals surface area contributed by atoms with E-state index in [1.807, 2.05) is 18.7 Å². The van der Waals surface area contributed by atoms with Crippen molar-refractivity contribution in [3.05, 3.63) is 25.3 Å². The molecule has 3 unspecified atom stereocenters. The van der Waals surface area contributed by atoms with E-state index in [0.29, 0.717) is 19.6 Å². The number of aliphatic hydroxyl groups is 1. The van der Waals surface area contributed by atoms with E-state index in [9.17, 15) is 19.5 Å². The van der Waals surface area contributed by atoms with Gasteiger partial charge in [-0.1, -0.05) is 52.2 Å². The lowest BCUT2D eigenvalue weighted by Gasteiger charge is -2.44. The van der Waals surface area contributed by atoms with Gasteiger partial charge in [-0.3, -0.25) is 14.4 Å². The molecule has 0 aromatic rings. The molecule has 3 saturated heterocycles. The van der Waals surface area contributed by atoms with Crippen LogP contribution in [0.15, 0.2) is 25.3 Å². The van der Waals surface area contributed by atoms with Gasteiger partial charge in [0.2, 0.25) is 11.8 Å². The van der Waals surface area contributed by atoms with Gasteiger partial charge < -0.3 is 19.6 Å². The monoisotopic (exact) mass is 546 g/mol. The van der Waals surface area contributed by atoms with Crippen LogP contribution in [0.4, 0.5) is 0 Å². The average molecular weight is 547 g/mol. The van der Waals surface area contributed by atoms with E-state index in [-0.39, 0.29) is 47.5 Å². The van der Waals surface area contributed by atoms with Gasteiger partial charge in [-0.2, -0.15) is 0 Å². The summed E-state index contributed by atoms with van der Waals surface area (Å²) in [6.45, 7) is 14.3. The molecule has 0 radical (unpaired) electrons. The number of ether oxygens (including phenoxy) is 1. The molecule has 7 nitrogen and oxygen atoms in total. The molecule has 38 heavy (non-hydrogen) atoms. The average Bonchev–Trinajstić information content (AvgIpc) is 3.49.